The van der Waals surface area contributed by atoms with Crippen LogP contribution in [-0.4, -0.2) is 54.4 Å². The third kappa shape index (κ3) is 10.7. The van der Waals surface area contributed by atoms with Gasteiger partial charge in [-0.25, -0.2) is 0 Å². The zero-order valence-corrected chi connectivity index (χ0v) is 24.8. The smallest absolute Gasteiger partial charge is 0.251 e. The van der Waals surface area contributed by atoms with Crippen molar-refractivity contribution in [2.45, 2.75) is 52.9 Å². The van der Waals surface area contributed by atoms with Crippen molar-refractivity contribution in [1.82, 2.24) is 15.5 Å². The van der Waals surface area contributed by atoms with E-state index in [-0.39, 0.29) is 24.8 Å². The van der Waals surface area contributed by atoms with Crippen LogP contribution in [0, 0.1) is 0 Å². The van der Waals surface area contributed by atoms with Gasteiger partial charge in [-0.2, -0.15) is 0 Å². The minimum Gasteiger partial charge on any atom is -0.396 e. The van der Waals surface area contributed by atoms with E-state index in [1.807, 2.05) is 80.7 Å². The summed E-state index contributed by atoms with van der Waals surface area (Å²) < 4.78 is 0. The molecule has 0 aliphatic carbocycles. The maximum atomic E-state index is 12.5. The molecule has 2 aromatic carbocycles. The van der Waals surface area contributed by atoms with Crippen molar-refractivity contribution >= 4 is 29.4 Å². The average Bonchev–Trinajstić information content (AvgIpc) is 2.97. The molecule has 220 valence electrons. The van der Waals surface area contributed by atoms with E-state index in [2.05, 4.69) is 33.5 Å². The van der Waals surface area contributed by atoms with Crippen LogP contribution in [0.4, 0.5) is 0 Å². The second kappa shape index (κ2) is 18.2. The van der Waals surface area contributed by atoms with Gasteiger partial charge in [-0.1, -0.05) is 68.8 Å². The molecule has 41 heavy (non-hydrogen) atoms. The first kappa shape index (κ1) is 33.0. The Labute approximate surface area is 244 Å². The SMILES string of the molecule is C/C=C(/c1ccc(C(=O)NCCC)cc1)N(/C=C/c1cccc(CC(N)=O)c1)/C(=C/CCC)C(=NC)NCCCO. The number of nitrogens with zero attached hydrogens (tertiary/aromatic N) is 2. The van der Waals surface area contributed by atoms with Crippen molar-refractivity contribution in [3.05, 3.63) is 94.8 Å². The summed E-state index contributed by atoms with van der Waals surface area (Å²) in [6, 6.07) is 15.3. The zero-order valence-electron chi connectivity index (χ0n) is 24.8. The molecule has 0 spiro atoms. The van der Waals surface area contributed by atoms with Gasteiger partial charge in [0.2, 0.25) is 5.91 Å². The van der Waals surface area contributed by atoms with Crippen LogP contribution in [0.3, 0.4) is 0 Å². The van der Waals surface area contributed by atoms with Crippen LogP contribution in [0.5, 0.6) is 0 Å². The van der Waals surface area contributed by atoms with E-state index in [1.165, 1.54) is 0 Å². The lowest BCUT2D eigenvalue weighted by molar-refractivity contribution is -0.117. The Kier molecular flexibility index (Phi) is 14.7. The molecule has 0 saturated heterocycles. The first-order valence-electron chi connectivity index (χ1n) is 14.3. The van der Waals surface area contributed by atoms with Gasteiger partial charge in [-0.05, 0) is 61.1 Å². The summed E-state index contributed by atoms with van der Waals surface area (Å²) in [6.45, 7) is 7.42. The molecule has 0 atom stereocenters. The lowest BCUT2D eigenvalue weighted by Gasteiger charge is -2.28. The number of nitrogens with one attached hydrogen (secondary N) is 2. The second-order valence-electron chi connectivity index (χ2n) is 9.54. The predicted octanol–water partition coefficient (Wildman–Crippen LogP) is 4.87. The van der Waals surface area contributed by atoms with E-state index in [9.17, 15) is 14.7 Å². The number of rotatable bonds is 16. The van der Waals surface area contributed by atoms with E-state index in [0.717, 1.165) is 47.3 Å². The number of primary amides is 1. The number of allylic oxidation sites excluding steroid dienone is 2. The number of hydrogen-bond donors (Lipinski definition) is 4. The minimum atomic E-state index is -0.377. The van der Waals surface area contributed by atoms with Crippen molar-refractivity contribution < 1.29 is 14.7 Å². The molecule has 0 saturated carbocycles. The summed E-state index contributed by atoms with van der Waals surface area (Å²) in [4.78, 5) is 30.6. The molecule has 0 aromatic heterocycles. The molecule has 0 aliphatic heterocycles. The van der Waals surface area contributed by atoms with E-state index in [1.54, 1.807) is 7.05 Å². The summed E-state index contributed by atoms with van der Waals surface area (Å²) in [5.74, 6) is 0.234. The maximum absolute atomic E-state index is 12.5. The first-order valence-corrected chi connectivity index (χ1v) is 14.3. The van der Waals surface area contributed by atoms with Crippen molar-refractivity contribution in [3.63, 3.8) is 0 Å². The quantitative estimate of drug-likeness (QED) is 0.133. The van der Waals surface area contributed by atoms with Gasteiger partial charge in [-0.15, -0.1) is 0 Å². The van der Waals surface area contributed by atoms with E-state index < -0.39 is 0 Å². The molecule has 0 radical (unpaired) electrons. The van der Waals surface area contributed by atoms with E-state index in [0.29, 0.717) is 30.9 Å². The number of aliphatic hydroxyl groups is 1. The highest BCUT2D eigenvalue weighted by Crippen LogP contribution is 2.27. The van der Waals surface area contributed by atoms with Crippen LogP contribution in [0.1, 0.15) is 73.5 Å². The fourth-order valence-corrected chi connectivity index (χ4v) is 4.20. The average molecular weight is 560 g/mol. The van der Waals surface area contributed by atoms with Gasteiger partial charge in [-0.3, -0.25) is 14.6 Å². The monoisotopic (exact) mass is 559 g/mol. The molecule has 2 amide bonds. The standard InChI is InChI=1S/C33H45N5O3/c1-5-8-13-30(32(35-4)36-20-10-22-39)38(21-18-25-11-9-12-26(23-25)24-31(34)40)29(7-3)27-14-16-28(17-15-27)33(41)37-19-6-2/h7,9,11-18,21,23,39H,5-6,8,10,19-20,22,24H2,1-4H3,(H2,34,40)(H,35,36)(H,37,41)/b21-18+,29-7-,30-13+. The molecule has 8 heteroatoms. The number of aliphatic imine (C=N–C) groups is 1. The summed E-state index contributed by atoms with van der Waals surface area (Å²) in [6.07, 6.45) is 11.6. The summed E-state index contributed by atoms with van der Waals surface area (Å²) >= 11 is 0. The summed E-state index contributed by atoms with van der Waals surface area (Å²) in [5.41, 5.74) is 10.5. The second-order valence-corrected chi connectivity index (χ2v) is 9.54. The highest BCUT2D eigenvalue weighted by Gasteiger charge is 2.19. The normalized spacial score (nSPS) is 12.5. The number of carbonyl (C=O) groups excluding carboxylic acids is 2. The Morgan fingerprint density at radius 1 is 1.02 bits per heavy atom. The van der Waals surface area contributed by atoms with Gasteiger partial charge in [0.05, 0.1) is 12.1 Å². The van der Waals surface area contributed by atoms with Crippen molar-refractivity contribution in [2.75, 3.05) is 26.7 Å². The molecule has 0 heterocycles. The van der Waals surface area contributed by atoms with Gasteiger partial charge in [0.25, 0.3) is 5.91 Å². The van der Waals surface area contributed by atoms with Gasteiger partial charge < -0.3 is 26.4 Å². The lowest BCUT2D eigenvalue weighted by Crippen LogP contribution is -2.33. The van der Waals surface area contributed by atoms with Crippen LogP contribution in [0.15, 0.2) is 77.6 Å². The largest absolute Gasteiger partial charge is 0.396 e. The Morgan fingerprint density at radius 3 is 2.37 bits per heavy atom. The van der Waals surface area contributed by atoms with Crippen LogP contribution >= 0.6 is 0 Å². The Hall–Kier alpha value is -4.17. The lowest BCUT2D eigenvalue weighted by atomic mass is 10.1. The molecule has 2 aromatic rings. The minimum absolute atomic E-state index is 0.0849. The Morgan fingerprint density at radius 2 is 1.76 bits per heavy atom. The highest BCUT2D eigenvalue weighted by molar-refractivity contribution is 6.00. The number of benzene rings is 2. The van der Waals surface area contributed by atoms with Gasteiger partial charge >= 0.3 is 0 Å². The van der Waals surface area contributed by atoms with Crippen LogP contribution in [0.2, 0.25) is 0 Å². The molecule has 0 unspecified atom stereocenters. The third-order valence-corrected chi connectivity index (χ3v) is 6.24. The van der Waals surface area contributed by atoms with Crippen molar-refractivity contribution in [3.8, 4) is 0 Å². The molecular formula is C33H45N5O3. The number of nitrogens with two attached hydrogens (primary N) is 1. The first-order chi connectivity index (χ1) is 19.9. The van der Waals surface area contributed by atoms with Gasteiger partial charge in [0.1, 0.15) is 5.84 Å². The Balaban J connectivity index is 2.59. The topological polar surface area (TPSA) is 120 Å². The van der Waals surface area contributed by atoms with Gasteiger partial charge in [0.15, 0.2) is 0 Å². The fourth-order valence-electron chi connectivity index (χ4n) is 4.20. The summed E-state index contributed by atoms with van der Waals surface area (Å²) in [5, 5.41) is 15.6. The van der Waals surface area contributed by atoms with E-state index in [4.69, 9.17) is 5.73 Å². The molecular weight excluding hydrogens is 514 g/mol. The number of unbranched alkanes of at least 4 members (excludes halogenated alkanes) is 1. The van der Waals surface area contributed by atoms with Crippen LogP contribution in [0.25, 0.3) is 11.8 Å². The number of amidine groups is 1. The molecule has 8 nitrogen and oxygen atoms in total. The van der Waals surface area contributed by atoms with Crippen molar-refractivity contribution in [1.29, 1.82) is 0 Å². The molecule has 0 bridgehead atoms. The summed E-state index contributed by atoms with van der Waals surface area (Å²) in [7, 11) is 1.75. The van der Waals surface area contributed by atoms with Crippen LogP contribution in [-0.2, 0) is 11.2 Å². The predicted molar refractivity (Wildman–Crippen MR) is 169 cm³/mol. The van der Waals surface area contributed by atoms with Gasteiger partial charge in [0, 0.05) is 44.2 Å². The molecule has 0 aliphatic rings. The fraction of sp³-hybridized carbons (Fsp3) is 0.364. The zero-order chi connectivity index (χ0) is 30.0. The third-order valence-electron chi connectivity index (χ3n) is 6.24. The number of carbonyl (C=O) groups is 2. The molecule has 0 fully saturated rings. The highest BCUT2D eigenvalue weighted by atomic mass is 16.3. The number of hydrogen-bond acceptors (Lipinski definition) is 5. The molecule has 2 rings (SSSR count). The molecule has 5 N–H and O–H groups in total. The van der Waals surface area contributed by atoms with Crippen molar-refractivity contribution in [2.24, 2.45) is 10.7 Å². The van der Waals surface area contributed by atoms with Crippen LogP contribution < -0.4 is 16.4 Å². The Bertz CT molecular complexity index is 1250. The van der Waals surface area contributed by atoms with E-state index >= 15 is 0 Å². The maximum Gasteiger partial charge on any atom is 0.251 e. The number of aliphatic hydroxyl groups excluding tert-OH is 1. The number of amides is 2.